The second-order valence-corrected chi connectivity index (χ2v) is 3.93. The Balaban J connectivity index is 3.12. The van der Waals surface area contributed by atoms with E-state index in [0.29, 0.717) is 12.2 Å². The van der Waals surface area contributed by atoms with Crippen molar-refractivity contribution in [3.63, 3.8) is 0 Å². The van der Waals surface area contributed by atoms with Crippen LogP contribution in [0.3, 0.4) is 0 Å². The summed E-state index contributed by atoms with van der Waals surface area (Å²) in [5, 5.41) is 11.7. The maximum Gasteiger partial charge on any atom is 0.337 e. The van der Waals surface area contributed by atoms with E-state index in [1.807, 2.05) is 0 Å². The molecule has 1 rings (SSSR count). The lowest BCUT2D eigenvalue weighted by molar-refractivity contribution is -0.116. The molecule has 0 aliphatic carbocycles. The van der Waals surface area contributed by atoms with Crippen LogP contribution in [-0.4, -0.2) is 31.2 Å². The Morgan fingerprint density at radius 1 is 1.30 bits per heavy atom. The molecule has 0 spiro atoms. The van der Waals surface area contributed by atoms with E-state index in [1.165, 1.54) is 26.4 Å². The van der Waals surface area contributed by atoms with Gasteiger partial charge in [-0.15, -0.1) is 6.58 Å². The molecule has 0 heterocycles. The summed E-state index contributed by atoms with van der Waals surface area (Å²) in [7, 11) is 2.84. The van der Waals surface area contributed by atoms with Crippen LogP contribution in [0.1, 0.15) is 23.2 Å². The number of allylic oxidation sites excluding steroid dienone is 1. The number of methoxy groups -OCH3 is 2. The molecule has 1 aromatic rings. The molecular formula is C14H17NO5. The minimum absolute atomic E-state index is 0.0606. The van der Waals surface area contributed by atoms with Crippen LogP contribution >= 0.6 is 0 Å². The average Bonchev–Trinajstić information content (AvgIpc) is 2.44. The molecule has 20 heavy (non-hydrogen) atoms. The molecule has 0 radical (unpaired) electrons. The molecule has 6 nitrogen and oxygen atoms in total. The first-order valence-corrected chi connectivity index (χ1v) is 5.93. The third-order valence-electron chi connectivity index (χ3n) is 2.60. The number of carboxylic acid groups (broad SMARTS) is 1. The van der Waals surface area contributed by atoms with Gasteiger partial charge in [0.2, 0.25) is 5.91 Å². The van der Waals surface area contributed by atoms with Crippen molar-refractivity contribution in [3.8, 4) is 11.5 Å². The number of aromatic carboxylic acids is 1. The second-order valence-electron chi connectivity index (χ2n) is 3.93. The Bertz CT molecular complexity index is 525. The molecule has 0 atom stereocenters. The first kappa shape index (κ1) is 15.6. The van der Waals surface area contributed by atoms with Crippen LogP contribution < -0.4 is 14.8 Å². The van der Waals surface area contributed by atoms with Crippen LogP contribution in [0.25, 0.3) is 0 Å². The molecule has 2 N–H and O–H groups in total. The van der Waals surface area contributed by atoms with Crippen LogP contribution in [0.5, 0.6) is 11.5 Å². The van der Waals surface area contributed by atoms with Crippen molar-refractivity contribution in [3.05, 3.63) is 30.4 Å². The minimum Gasteiger partial charge on any atom is -0.493 e. The number of rotatable bonds is 7. The summed E-state index contributed by atoms with van der Waals surface area (Å²) in [5.41, 5.74) is 0.110. The van der Waals surface area contributed by atoms with E-state index >= 15 is 0 Å². The van der Waals surface area contributed by atoms with E-state index in [4.69, 9.17) is 9.47 Å². The van der Waals surface area contributed by atoms with E-state index in [9.17, 15) is 14.7 Å². The van der Waals surface area contributed by atoms with Gasteiger partial charge in [0.05, 0.1) is 25.5 Å². The Morgan fingerprint density at radius 3 is 2.40 bits per heavy atom. The van der Waals surface area contributed by atoms with Crippen LogP contribution in [0.4, 0.5) is 5.69 Å². The van der Waals surface area contributed by atoms with Gasteiger partial charge in [0, 0.05) is 18.6 Å². The quantitative estimate of drug-likeness (QED) is 0.748. The van der Waals surface area contributed by atoms with E-state index in [1.54, 1.807) is 6.08 Å². The normalized spacial score (nSPS) is 9.70. The van der Waals surface area contributed by atoms with Crippen molar-refractivity contribution in [2.45, 2.75) is 12.8 Å². The number of carboxylic acids is 1. The van der Waals surface area contributed by atoms with E-state index in [2.05, 4.69) is 11.9 Å². The number of anilines is 1. The first-order valence-electron chi connectivity index (χ1n) is 5.93. The molecule has 0 aliphatic rings. The molecule has 1 aromatic carbocycles. The molecule has 1 amide bonds. The summed E-state index contributed by atoms with van der Waals surface area (Å²) < 4.78 is 10.1. The van der Waals surface area contributed by atoms with E-state index in [-0.39, 0.29) is 29.3 Å². The Hall–Kier alpha value is -2.50. The van der Waals surface area contributed by atoms with Crippen molar-refractivity contribution >= 4 is 17.6 Å². The van der Waals surface area contributed by atoms with Crippen LogP contribution in [0, 0.1) is 0 Å². The third kappa shape index (κ3) is 3.74. The molecule has 0 aliphatic heterocycles. The summed E-state index contributed by atoms with van der Waals surface area (Å²) in [6, 6.07) is 2.73. The number of amides is 1. The van der Waals surface area contributed by atoms with Gasteiger partial charge in [-0.3, -0.25) is 4.79 Å². The first-order chi connectivity index (χ1) is 9.53. The highest BCUT2D eigenvalue weighted by Gasteiger charge is 2.17. The smallest absolute Gasteiger partial charge is 0.337 e. The van der Waals surface area contributed by atoms with Crippen molar-refractivity contribution in [2.24, 2.45) is 0 Å². The van der Waals surface area contributed by atoms with Gasteiger partial charge >= 0.3 is 5.97 Å². The van der Waals surface area contributed by atoms with E-state index in [0.717, 1.165) is 0 Å². The van der Waals surface area contributed by atoms with Gasteiger partial charge in [0.1, 0.15) is 0 Å². The molecule has 0 saturated heterocycles. The van der Waals surface area contributed by atoms with Gasteiger partial charge in [0.15, 0.2) is 11.5 Å². The fraction of sp³-hybridized carbons (Fsp3) is 0.286. The minimum atomic E-state index is -1.16. The monoisotopic (exact) mass is 279 g/mol. The zero-order valence-corrected chi connectivity index (χ0v) is 11.4. The Labute approximate surface area is 117 Å². The Kier molecular flexibility index (Phi) is 5.58. The lowest BCUT2D eigenvalue weighted by Crippen LogP contribution is -2.14. The second kappa shape index (κ2) is 7.18. The highest BCUT2D eigenvalue weighted by molar-refractivity contribution is 6.01. The number of benzene rings is 1. The van der Waals surface area contributed by atoms with Crippen molar-refractivity contribution in [1.29, 1.82) is 0 Å². The molecule has 0 fully saturated rings. The average molecular weight is 279 g/mol. The summed E-state index contributed by atoms with van der Waals surface area (Å²) in [4.78, 5) is 22.9. The molecule has 108 valence electrons. The summed E-state index contributed by atoms with van der Waals surface area (Å²) in [5.74, 6) is -0.824. The maximum atomic E-state index is 11.7. The van der Waals surface area contributed by atoms with Gasteiger partial charge in [-0.1, -0.05) is 6.08 Å². The SMILES string of the molecule is C=CCCC(=O)Nc1cc(OC)c(OC)cc1C(=O)O. The maximum absolute atomic E-state index is 11.7. The van der Waals surface area contributed by atoms with Crippen molar-refractivity contribution in [2.75, 3.05) is 19.5 Å². The molecular weight excluding hydrogens is 262 g/mol. The number of carbonyl (C=O) groups is 2. The van der Waals surface area contributed by atoms with Crippen molar-refractivity contribution in [1.82, 2.24) is 0 Å². The fourth-order valence-corrected chi connectivity index (χ4v) is 1.61. The number of ether oxygens (including phenoxy) is 2. The highest BCUT2D eigenvalue weighted by atomic mass is 16.5. The van der Waals surface area contributed by atoms with Gasteiger partial charge < -0.3 is 19.9 Å². The summed E-state index contributed by atoms with van der Waals surface area (Å²) in [6.45, 7) is 3.52. The molecule has 0 unspecified atom stereocenters. The summed E-state index contributed by atoms with van der Waals surface area (Å²) in [6.07, 6.45) is 2.37. The van der Waals surface area contributed by atoms with Crippen LogP contribution in [0.2, 0.25) is 0 Å². The largest absolute Gasteiger partial charge is 0.493 e. The highest BCUT2D eigenvalue weighted by Crippen LogP contribution is 2.33. The molecule has 0 aromatic heterocycles. The standard InChI is InChI=1S/C14H17NO5/c1-4-5-6-13(16)15-10-8-12(20-3)11(19-2)7-9(10)14(17)18/h4,7-8H,1,5-6H2,2-3H3,(H,15,16)(H,17,18). The topological polar surface area (TPSA) is 84.9 Å². The fourth-order valence-electron chi connectivity index (χ4n) is 1.61. The zero-order valence-electron chi connectivity index (χ0n) is 11.4. The number of hydrogen-bond acceptors (Lipinski definition) is 4. The van der Waals surface area contributed by atoms with Crippen LogP contribution in [0.15, 0.2) is 24.8 Å². The van der Waals surface area contributed by atoms with Gasteiger partial charge in [-0.25, -0.2) is 4.79 Å². The lowest BCUT2D eigenvalue weighted by Gasteiger charge is -2.13. The predicted molar refractivity (Wildman–Crippen MR) is 74.6 cm³/mol. The Morgan fingerprint density at radius 2 is 1.90 bits per heavy atom. The zero-order chi connectivity index (χ0) is 15.1. The summed E-state index contributed by atoms with van der Waals surface area (Å²) >= 11 is 0. The molecule has 6 heteroatoms. The van der Waals surface area contributed by atoms with Crippen molar-refractivity contribution < 1.29 is 24.2 Å². The molecule has 0 bridgehead atoms. The van der Waals surface area contributed by atoms with Crippen LogP contribution in [-0.2, 0) is 4.79 Å². The molecule has 0 saturated carbocycles. The number of nitrogens with one attached hydrogen (secondary N) is 1. The predicted octanol–water partition coefficient (Wildman–Crippen LogP) is 2.31. The van der Waals surface area contributed by atoms with Gasteiger partial charge in [-0.05, 0) is 6.42 Å². The lowest BCUT2D eigenvalue weighted by atomic mass is 10.1. The van der Waals surface area contributed by atoms with E-state index < -0.39 is 5.97 Å². The third-order valence-corrected chi connectivity index (χ3v) is 2.60. The number of hydrogen-bond donors (Lipinski definition) is 2. The van der Waals surface area contributed by atoms with Gasteiger partial charge in [0.25, 0.3) is 0 Å². The van der Waals surface area contributed by atoms with Gasteiger partial charge in [-0.2, -0.15) is 0 Å². The number of carbonyl (C=O) groups excluding carboxylic acids is 1.